The second-order valence-electron chi connectivity index (χ2n) is 5.56. The first-order valence-electron chi connectivity index (χ1n) is 7.48. The lowest BCUT2D eigenvalue weighted by Crippen LogP contribution is -2.07. The highest BCUT2D eigenvalue weighted by Gasteiger charge is 2.18. The fourth-order valence-corrected chi connectivity index (χ4v) is 3.52. The molecular formula is C15H25N3S. The number of hydrogen-bond donors (Lipinski definition) is 1. The molecule has 0 radical (unpaired) electrons. The molecule has 3 nitrogen and oxygen atoms in total. The molecule has 1 heterocycles. The molecule has 19 heavy (non-hydrogen) atoms. The summed E-state index contributed by atoms with van der Waals surface area (Å²) in [5.41, 5.74) is 0. The van der Waals surface area contributed by atoms with Gasteiger partial charge in [-0.2, -0.15) is 0 Å². The van der Waals surface area contributed by atoms with Gasteiger partial charge in [0.2, 0.25) is 0 Å². The van der Waals surface area contributed by atoms with Crippen molar-refractivity contribution in [2.75, 3.05) is 11.9 Å². The Hall–Kier alpha value is -0.770. The van der Waals surface area contributed by atoms with Crippen LogP contribution in [0.15, 0.2) is 11.1 Å². The number of nitrogens with zero attached hydrogens (tertiary/aromatic N) is 2. The molecule has 1 aliphatic rings. The summed E-state index contributed by atoms with van der Waals surface area (Å²) >= 11 is 1.94. The Labute approximate surface area is 121 Å². The monoisotopic (exact) mass is 279 g/mol. The molecule has 1 aromatic rings. The zero-order chi connectivity index (χ0) is 13.7. The quantitative estimate of drug-likeness (QED) is 0.780. The van der Waals surface area contributed by atoms with Crippen LogP contribution < -0.4 is 5.32 Å². The molecule has 2 rings (SSSR count). The summed E-state index contributed by atoms with van der Waals surface area (Å²) < 4.78 is 0. The Balaban J connectivity index is 2.12. The molecule has 0 aliphatic heterocycles. The Morgan fingerprint density at radius 2 is 2.05 bits per heavy atom. The van der Waals surface area contributed by atoms with Gasteiger partial charge in [-0.3, -0.25) is 0 Å². The molecule has 0 unspecified atom stereocenters. The standard InChI is InChI=1S/C15H25N3S/c1-4-9-16-13-10-14(18-15(17-13)11(2)3)19-12-7-5-6-8-12/h10-12H,4-9H2,1-3H3,(H,16,17,18). The fourth-order valence-electron chi connectivity index (χ4n) is 2.28. The summed E-state index contributed by atoms with van der Waals surface area (Å²) in [4.78, 5) is 9.33. The van der Waals surface area contributed by atoms with Gasteiger partial charge < -0.3 is 5.32 Å². The molecule has 0 aromatic carbocycles. The number of hydrogen-bond acceptors (Lipinski definition) is 4. The summed E-state index contributed by atoms with van der Waals surface area (Å²) in [6, 6.07) is 2.12. The Morgan fingerprint density at radius 1 is 1.32 bits per heavy atom. The van der Waals surface area contributed by atoms with Crippen LogP contribution >= 0.6 is 11.8 Å². The highest BCUT2D eigenvalue weighted by atomic mass is 32.2. The molecule has 1 N–H and O–H groups in total. The zero-order valence-corrected chi connectivity index (χ0v) is 13.1. The van der Waals surface area contributed by atoms with E-state index in [-0.39, 0.29) is 0 Å². The molecule has 4 heteroatoms. The number of rotatable bonds is 6. The minimum atomic E-state index is 0.381. The first-order chi connectivity index (χ1) is 9.19. The predicted molar refractivity (Wildman–Crippen MR) is 83.0 cm³/mol. The summed E-state index contributed by atoms with van der Waals surface area (Å²) in [5, 5.41) is 5.29. The van der Waals surface area contributed by atoms with Crippen molar-refractivity contribution in [3.8, 4) is 0 Å². The Morgan fingerprint density at radius 3 is 2.68 bits per heavy atom. The van der Waals surface area contributed by atoms with Gasteiger partial charge in [-0.05, 0) is 19.3 Å². The number of anilines is 1. The van der Waals surface area contributed by atoms with Crippen LogP contribution in [-0.4, -0.2) is 21.8 Å². The van der Waals surface area contributed by atoms with E-state index in [0.29, 0.717) is 5.92 Å². The van der Waals surface area contributed by atoms with Crippen molar-refractivity contribution in [1.82, 2.24) is 9.97 Å². The van der Waals surface area contributed by atoms with E-state index in [1.165, 1.54) is 25.7 Å². The predicted octanol–water partition coefficient (Wildman–Crippen LogP) is 4.46. The van der Waals surface area contributed by atoms with Crippen LogP contribution in [-0.2, 0) is 0 Å². The van der Waals surface area contributed by atoms with E-state index in [0.717, 1.165) is 34.9 Å². The molecule has 0 bridgehead atoms. The van der Waals surface area contributed by atoms with Crippen molar-refractivity contribution in [3.63, 3.8) is 0 Å². The molecule has 0 spiro atoms. The van der Waals surface area contributed by atoms with E-state index in [1.54, 1.807) is 0 Å². The second-order valence-corrected chi connectivity index (χ2v) is 6.88. The lowest BCUT2D eigenvalue weighted by atomic mass is 10.2. The first-order valence-corrected chi connectivity index (χ1v) is 8.36. The summed E-state index contributed by atoms with van der Waals surface area (Å²) in [6.45, 7) is 7.46. The van der Waals surface area contributed by atoms with E-state index in [1.807, 2.05) is 11.8 Å². The summed E-state index contributed by atoms with van der Waals surface area (Å²) in [5.74, 6) is 2.33. The van der Waals surface area contributed by atoms with Gasteiger partial charge in [0.15, 0.2) is 0 Å². The van der Waals surface area contributed by atoms with E-state index >= 15 is 0 Å². The topological polar surface area (TPSA) is 37.8 Å². The van der Waals surface area contributed by atoms with Crippen LogP contribution in [0.1, 0.15) is 64.6 Å². The van der Waals surface area contributed by atoms with Gasteiger partial charge in [0.05, 0.1) is 0 Å². The minimum absolute atomic E-state index is 0.381. The third kappa shape index (κ3) is 4.37. The second kappa shape index (κ2) is 7.13. The van der Waals surface area contributed by atoms with Crippen molar-refractivity contribution in [1.29, 1.82) is 0 Å². The average Bonchev–Trinajstić information content (AvgIpc) is 2.89. The summed E-state index contributed by atoms with van der Waals surface area (Å²) in [6.07, 6.45) is 6.54. The van der Waals surface area contributed by atoms with E-state index in [2.05, 4.69) is 37.1 Å². The van der Waals surface area contributed by atoms with Gasteiger partial charge in [-0.15, -0.1) is 11.8 Å². The Bertz CT molecular complexity index is 400. The Kier molecular flexibility index (Phi) is 5.49. The molecule has 1 aromatic heterocycles. The van der Waals surface area contributed by atoms with Crippen LogP contribution in [0.25, 0.3) is 0 Å². The van der Waals surface area contributed by atoms with Crippen LogP contribution in [0.3, 0.4) is 0 Å². The molecule has 0 amide bonds. The smallest absolute Gasteiger partial charge is 0.134 e. The number of nitrogens with one attached hydrogen (secondary N) is 1. The maximum atomic E-state index is 4.72. The summed E-state index contributed by atoms with van der Waals surface area (Å²) in [7, 11) is 0. The van der Waals surface area contributed by atoms with Crippen molar-refractivity contribution in [2.45, 2.75) is 69.1 Å². The van der Waals surface area contributed by atoms with Crippen molar-refractivity contribution >= 4 is 17.6 Å². The van der Waals surface area contributed by atoms with E-state index in [4.69, 9.17) is 4.98 Å². The van der Waals surface area contributed by atoms with Gasteiger partial charge in [0.25, 0.3) is 0 Å². The van der Waals surface area contributed by atoms with E-state index < -0.39 is 0 Å². The minimum Gasteiger partial charge on any atom is -0.370 e. The number of thioether (sulfide) groups is 1. The van der Waals surface area contributed by atoms with Crippen molar-refractivity contribution in [2.24, 2.45) is 0 Å². The van der Waals surface area contributed by atoms with Crippen LogP contribution in [0.2, 0.25) is 0 Å². The largest absolute Gasteiger partial charge is 0.370 e. The molecule has 1 aliphatic carbocycles. The SMILES string of the molecule is CCCNc1cc(SC2CCCC2)nc(C(C)C)n1. The van der Waals surface area contributed by atoms with Gasteiger partial charge in [0.1, 0.15) is 16.7 Å². The zero-order valence-electron chi connectivity index (χ0n) is 12.3. The fraction of sp³-hybridized carbons (Fsp3) is 0.733. The third-order valence-corrected chi connectivity index (χ3v) is 4.64. The van der Waals surface area contributed by atoms with Crippen LogP contribution in [0.4, 0.5) is 5.82 Å². The number of aromatic nitrogens is 2. The van der Waals surface area contributed by atoms with Crippen LogP contribution in [0.5, 0.6) is 0 Å². The maximum absolute atomic E-state index is 4.72. The van der Waals surface area contributed by atoms with Gasteiger partial charge in [-0.25, -0.2) is 9.97 Å². The third-order valence-electron chi connectivity index (χ3n) is 3.38. The molecular weight excluding hydrogens is 254 g/mol. The van der Waals surface area contributed by atoms with Gasteiger partial charge in [-0.1, -0.05) is 33.6 Å². The molecule has 1 saturated carbocycles. The van der Waals surface area contributed by atoms with Crippen molar-refractivity contribution < 1.29 is 0 Å². The maximum Gasteiger partial charge on any atom is 0.134 e. The lowest BCUT2D eigenvalue weighted by Gasteiger charge is -2.13. The lowest BCUT2D eigenvalue weighted by molar-refractivity contribution is 0.751. The molecule has 0 atom stereocenters. The average molecular weight is 279 g/mol. The molecule has 1 fully saturated rings. The highest BCUT2D eigenvalue weighted by molar-refractivity contribution is 7.99. The molecule has 106 valence electrons. The van der Waals surface area contributed by atoms with Gasteiger partial charge >= 0.3 is 0 Å². The van der Waals surface area contributed by atoms with E-state index in [9.17, 15) is 0 Å². The van der Waals surface area contributed by atoms with Gasteiger partial charge in [0, 0.05) is 23.8 Å². The molecule has 0 saturated heterocycles. The van der Waals surface area contributed by atoms with Crippen LogP contribution in [0, 0.1) is 0 Å². The first kappa shape index (κ1) is 14.6. The highest BCUT2D eigenvalue weighted by Crippen LogP contribution is 2.34. The van der Waals surface area contributed by atoms with Crippen molar-refractivity contribution in [3.05, 3.63) is 11.9 Å². The normalized spacial score (nSPS) is 16.2.